The fraction of sp³-hybridized carbons (Fsp3) is 0.586. The summed E-state index contributed by atoms with van der Waals surface area (Å²) in [5.74, 6) is 2.73. The van der Waals surface area contributed by atoms with Gasteiger partial charge in [-0.05, 0) is 49.4 Å². The van der Waals surface area contributed by atoms with E-state index in [0.717, 1.165) is 48.1 Å². The normalized spacial score (nSPS) is 14.4. The van der Waals surface area contributed by atoms with Crippen molar-refractivity contribution < 1.29 is 4.74 Å². The molecule has 3 nitrogen and oxygen atoms in total. The second-order valence-electron chi connectivity index (χ2n) is 9.32. The average molecular weight is 435 g/mol. The summed E-state index contributed by atoms with van der Waals surface area (Å²) in [5.41, 5.74) is 2.09. The lowest BCUT2D eigenvalue weighted by atomic mass is 9.99. The van der Waals surface area contributed by atoms with Crippen LogP contribution in [0.1, 0.15) is 102 Å². The molecule has 1 aliphatic rings. The minimum Gasteiger partial charge on any atom is -0.494 e. The molecule has 32 heavy (non-hydrogen) atoms. The minimum atomic E-state index is 0.761. The molecule has 2 aromatic rings. The van der Waals surface area contributed by atoms with Crippen LogP contribution in [0, 0.1) is 5.92 Å². The van der Waals surface area contributed by atoms with E-state index in [1.807, 2.05) is 36.7 Å². The van der Waals surface area contributed by atoms with Crippen LogP contribution in [0.2, 0.25) is 0 Å². The molecule has 0 unspecified atom stereocenters. The van der Waals surface area contributed by atoms with Gasteiger partial charge in [-0.2, -0.15) is 0 Å². The zero-order valence-electron chi connectivity index (χ0n) is 20.1. The van der Waals surface area contributed by atoms with Crippen molar-refractivity contribution in [2.45, 2.75) is 96.8 Å². The third kappa shape index (κ3) is 9.14. The first-order valence-corrected chi connectivity index (χ1v) is 13.1. The maximum atomic E-state index is 5.78. The van der Waals surface area contributed by atoms with E-state index in [1.54, 1.807) is 0 Å². The first-order valence-electron chi connectivity index (χ1n) is 13.1. The smallest absolute Gasteiger partial charge is 0.159 e. The van der Waals surface area contributed by atoms with E-state index in [9.17, 15) is 0 Å². The predicted molar refractivity (Wildman–Crippen MR) is 136 cm³/mol. The average Bonchev–Trinajstić information content (AvgIpc) is 3.35. The second-order valence-corrected chi connectivity index (χ2v) is 9.32. The largest absolute Gasteiger partial charge is 0.494 e. The van der Waals surface area contributed by atoms with Crippen LogP contribution in [-0.2, 0) is 0 Å². The van der Waals surface area contributed by atoms with Gasteiger partial charge in [0.1, 0.15) is 5.75 Å². The number of rotatable bonds is 15. The Bertz CT molecular complexity index is 761. The van der Waals surface area contributed by atoms with Crippen LogP contribution in [0.15, 0.2) is 42.7 Å². The van der Waals surface area contributed by atoms with E-state index in [4.69, 9.17) is 4.74 Å². The molecule has 1 saturated carbocycles. The summed E-state index contributed by atoms with van der Waals surface area (Å²) in [5, 5.41) is 0. The van der Waals surface area contributed by atoms with Crippen LogP contribution >= 0.6 is 0 Å². The first-order chi connectivity index (χ1) is 15.8. The van der Waals surface area contributed by atoms with Gasteiger partial charge in [-0.25, -0.2) is 9.97 Å². The van der Waals surface area contributed by atoms with E-state index in [2.05, 4.69) is 29.0 Å². The molecule has 0 saturated heterocycles. The van der Waals surface area contributed by atoms with Crippen LogP contribution < -0.4 is 4.74 Å². The number of unbranched alkanes of at least 4 members (excludes halogenated alkanes) is 7. The molecule has 1 aromatic heterocycles. The number of hydrogen-bond donors (Lipinski definition) is 0. The van der Waals surface area contributed by atoms with Crippen LogP contribution in [0.25, 0.3) is 17.5 Å². The van der Waals surface area contributed by atoms with Gasteiger partial charge in [-0.3, -0.25) is 0 Å². The molecule has 3 rings (SSSR count). The van der Waals surface area contributed by atoms with Gasteiger partial charge in [0, 0.05) is 23.5 Å². The Labute approximate surface area is 195 Å². The Balaban J connectivity index is 1.29. The van der Waals surface area contributed by atoms with Crippen molar-refractivity contribution in [3.8, 4) is 17.1 Å². The highest BCUT2D eigenvalue weighted by molar-refractivity contribution is 5.57. The zero-order valence-corrected chi connectivity index (χ0v) is 20.1. The summed E-state index contributed by atoms with van der Waals surface area (Å²) in [6.45, 7) is 2.99. The Kier molecular flexibility index (Phi) is 11.3. The molecule has 174 valence electrons. The summed E-state index contributed by atoms with van der Waals surface area (Å²) in [6, 6.07) is 8.09. The van der Waals surface area contributed by atoms with Gasteiger partial charge in [0.15, 0.2) is 5.82 Å². The lowest BCUT2D eigenvalue weighted by Crippen LogP contribution is -1.97. The maximum absolute atomic E-state index is 5.78. The van der Waals surface area contributed by atoms with Crippen molar-refractivity contribution in [3.05, 3.63) is 48.3 Å². The highest BCUT2D eigenvalue weighted by Gasteiger charge is 2.13. The number of ether oxygens (including phenoxy) is 1. The minimum absolute atomic E-state index is 0.761. The van der Waals surface area contributed by atoms with Crippen molar-refractivity contribution in [3.63, 3.8) is 0 Å². The van der Waals surface area contributed by atoms with Crippen LogP contribution in [0.4, 0.5) is 0 Å². The van der Waals surface area contributed by atoms with Gasteiger partial charge in [-0.1, -0.05) is 89.7 Å². The number of nitrogens with zero attached hydrogens (tertiary/aromatic N) is 2. The molecule has 0 bridgehead atoms. The summed E-state index contributed by atoms with van der Waals surface area (Å²) >= 11 is 0. The topological polar surface area (TPSA) is 35.0 Å². The quantitative estimate of drug-likeness (QED) is 0.263. The molecule has 1 heterocycles. The number of aromatic nitrogens is 2. The SMILES string of the molecule is CCCCCOc1ccc(-c2ncc(C=CCCCCCCCC3CCCC3)cn2)cc1. The van der Waals surface area contributed by atoms with E-state index in [0.29, 0.717) is 0 Å². The molecule has 0 spiro atoms. The third-order valence-corrected chi connectivity index (χ3v) is 6.57. The molecule has 0 N–H and O–H groups in total. The lowest BCUT2D eigenvalue weighted by molar-refractivity contribution is 0.306. The van der Waals surface area contributed by atoms with Gasteiger partial charge in [-0.15, -0.1) is 0 Å². The molecule has 0 atom stereocenters. The standard InChI is InChI=1S/C29H42N2O/c1-2-3-13-22-32-28-20-18-27(19-21-28)29-30-23-26(24-31-29)17-10-8-6-4-5-7-9-14-25-15-11-12-16-25/h10,17-21,23-25H,2-9,11-16,22H2,1H3. The fourth-order valence-corrected chi connectivity index (χ4v) is 4.56. The predicted octanol–water partition coefficient (Wildman–Crippen LogP) is 8.65. The molecule has 1 aliphatic carbocycles. The van der Waals surface area contributed by atoms with E-state index in [-0.39, 0.29) is 0 Å². The summed E-state index contributed by atoms with van der Waals surface area (Å²) in [7, 11) is 0. The van der Waals surface area contributed by atoms with E-state index >= 15 is 0 Å². The second kappa shape index (κ2) is 14.8. The summed E-state index contributed by atoms with van der Waals surface area (Å²) < 4.78 is 5.78. The third-order valence-electron chi connectivity index (χ3n) is 6.57. The monoisotopic (exact) mass is 434 g/mol. The highest BCUT2D eigenvalue weighted by Crippen LogP contribution is 2.29. The van der Waals surface area contributed by atoms with E-state index in [1.165, 1.54) is 77.0 Å². The molecular weight excluding hydrogens is 392 g/mol. The van der Waals surface area contributed by atoms with Crippen molar-refractivity contribution in [1.29, 1.82) is 0 Å². The molecule has 0 amide bonds. The Morgan fingerprint density at radius 2 is 1.59 bits per heavy atom. The molecule has 0 aliphatic heterocycles. The molecule has 1 fully saturated rings. The van der Waals surface area contributed by atoms with Gasteiger partial charge >= 0.3 is 0 Å². The number of benzene rings is 1. The van der Waals surface area contributed by atoms with Gasteiger partial charge in [0.05, 0.1) is 6.61 Å². The maximum Gasteiger partial charge on any atom is 0.159 e. The number of hydrogen-bond acceptors (Lipinski definition) is 3. The molecule has 1 aromatic carbocycles. The molecular formula is C29H42N2O. The highest BCUT2D eigenvalue weighted by atomic mass is 16.5. The Hall–Kier alpha value is -2.16. The summed E-state index contributed by atoms with van der Waals surface area (Å²) in [6.07, 6.45) is 27.2. The van der Waals surface area contributed by atoms with Crippen LogP contribution in [0.5, 0.6) is 5.75 Å². The first kappa shape index (κ1) is 24.5. The Morgan fingerprint density at radius 1 is 0.875 bits per heavy atom. The van der Waals surface area contributed by atoms with Crippen molar-refractivity contribution in [2.24, 2.45) is 5.92 Å². The fourth-order valence-electron chi connectivity index (χ4n) is 4.56. The van der Waals surface area contributed by atoms with Gasteiger partial charge < -0.3 is 4.74 Å². The molecule has 3 heteroatoms. The van der Waals surface area contributed by atoms with Gasteiger partial charge in [0.2, 0.25) is 0 Å². The lowest BCUT2D eigenvalue weighted by Gasteiger charge is -2.07. The van der Waals surface area contributed by atoms with Crippen LogP contribution in [0.3, 0.4) is 0 Å². The summed E-state index contributed by atoms with van der Waals surface area (Å²) in [4.78, 5) is 9.09. The van der Waals surface area contributed by atoms with Gasteiger partial charge in [0.25, 0.3) is 0 Å². The van der Waals surface area contributed by atoms with Crippen molar-refractivity contribution in [1.82, 2.24) is 9.97 Å². The van der Waals surface area contributed by atoms with Crippen LogP contribution in [-0.4, -0.2) is 16.6 Å². The number of allylic oxidation sites excluding steroid dienone is 1. The molecule has 0 radical (unpaired) electrons. The van der Waals surface area contributed by atoms with Crippen molar-refractivity contribution in [2.75, 3.05) is 6.61 Å². The Morgan fingerprint density at radius 3 is 2.34 bits per heavy atom. The van der Waals surface area contributed by atoms with E-state index < -0.39 is 0 Å². The zero-order chi connectivity index (χ0) is 22.3. The van der Waals surface area contributed by atoms with Crippen molar-refractivity contribution >= 4 is 6.08 Å².